The lowest BCUT2D eigenvalue weighted by atomic mass is 10.1. The van der Waals surface area contributed by atoms with E-state index in [0.717, 1.165) is 29.7 Å². The molecule has 0 bridgehead atoms. The van der Waals surface area contributed by atoms with Gasteiger partial charge in [0.15, 0.2) is 11.3 Å². The highest BCUT2D eigenvalue weighted by Crippen LogP contribution is 2.30. The van der Waals surface area contributed by atoms with Crippen molar-refractivity contribution in [2.24, 2.45) is 0 Å². The molecule has 6 rings (SSSR count). The number of aromatic amines is 1. The second-order valence-corrected chi connectivity index (χ2v) is 8.49. The smallest absolute Gasteiger partial charge is 0.276 e. The summed E-state index contributed by atoms with van der Waals surface area (Å²) in [7, 11) is 0. The first-order valence-electron chi connectivity index (χ1n) is 11.2. The number of carbonyl (C=O) groups excluding carboxylic acids is 1. The molecule has 0 radical (unpaired) electrons. The van der Waals surface area contributed by atoms with Crippen LogP contribution in [0.15, 0.2) is 59.8 Å². The topological polar surface area (TPSA) is 110 Å². The third kappa shape index (κ3) is 3.41. The van der Waals surface area contributed by atoms with Crippen LogP contribution in [0, 0.1) is 12.7 Å². The zero-order valence-electron chi connectivity index (χ0n) is 18.7. The second-order valence-electron chi connectivity index (χ2n) is 8.49. The molecular weight excluding hydrogens is 449 g/mol. The van der Waals surface area contributed by atoms with Crippen LogP contribution in [0.4, 0.5) is 10.1 Å². The minimum atomic E-state index is -0.399. The van der Waals surface area contributed by atoms with E-state index in [2.05, 4.69) is 25.5 Å². The van der Waals surface area contributed by atoms with E-state index >= 15 is 0 Å². The summed E-state index contributed by atoms with van der Waals surface area (Å²) >= 11 is 0. The highest BCUT2D eigenvalue weighted by Gasteiger charge is 2.28. The first-order chi connectivity index (χ1) is 17.0. The first kappa shape index (κ1) is 21.0. The molecule has 1 amide bonds. The van der Waals surface area contributed by atoms with Crippen LogP contribution in [0.1, 0.15) is 33.7 Å². The van der Waals surface area contributed by atoms with Gasteiger partial charge in [0, 0.05) is 11.3 Å². The standard InChI is InChI=1S/C25H20FN7O2/c1-14-9-10-20(17(26)11-14)32-19-8-4-5-15(19)22(31-32)25(35)30-18-6-2-3-7-21(18)33-23-16(12-29-33)24(34)28-13-27-23/h2-3,6-7,9-13H,4-5,8H2,1H3,(H,30,35)(H,27,28,34). The molecule has 0 saturated carbocycles. The monoisotopic (exact) mass is 469 g/mol. The van der Waals surface area contributed by atoms with E-state index in [1.165, 1.54) is 23.3 Å². The van der Waals surface area contributed by atoms with Crippen LogP contribution in [0.5, 0.6) is 0 Å². The number of benzene rings is 2. The van der Waals surface area contributed by atoms with Crippen LogP contribution in [0.2, 0.25) is 0 Å². The number of carbonyl (C=O) groups is 1. The van der Waals surface area contributed by atoms with Gasteiger partial charge >= 0.3 is 0 Å². The lowest BCUT2D eigenvalue weighted by Gasteiger charge is -2.11. The van der Waals surface area contributed by atoms with E-state index in [0.29, 0.717) is 34.5 Å². The molecule has 0 aliphatic heterocycles. The van der Waals surface area contributed by atoms with E-state index < -0.39 is 5.91 Å². The number of aryl methyl sites for hydroxylation is 1. The van der Waals surface area contributed by atoms with Crippen LogP contribution in [-0.2, 0) is 12.8 Å². The summed E-state index contributed by atoms with van der Waals surface area (Å²) in [5, 5.41) is 12.1. The van der Waals surface area contributed by atoms with Crippen LogP contribution in [0.3, 0.4) is 0 Å². The number of halogens is 1. The van der Waals surface area contributed by atoms with Crippen molar-refractivity contribution >= 4 is 22.6 Å². The molecule has 10 heteroatoms. The fourth-order valence-electron chi connectivity index (χ4n) is 4.58. The number of aromatic nitrogens is 6. The Morgan fingerprint density at radius 2 is 1.97 bits per heavy atom. The fourth-order valence-corrected chi connectivity index (χ4v) is 4.58. The van der Waals surface area contributed by atoms with Crippen LogP contribution in [0.25, 0.3) is 22.4 Å². The first-order valence-corrected chi connectivity index (χ1v) is 11.2. The summed E-state index contributed by atoms with van der Waals surface area (Å²) in [4.78, 5) is 32.3. The predicted molar refractivity (Wildman–Crippen MR) is 128 cm³/mol. The average molecular weight is 469 g/mol. The van der Waals surface area contributed by atoms with Gasteiger partial charge in [-0.15, -0.1) is 0 Å². The Morgan fingerprint density at radius 3 is 2.83 bits per heavy atom. The van der Waals surface area contributed by atoms with Gasteiger partial charge in [-0.2, -0.15) is 10.2 Å². The molecule has 2 aromatic carbocycles. The van der Waals surface area contributed by atoms with Crippen molar-refractivity contribution < 1.29 is 9.18 Å². The Bertz CT molecular complexity index is 1680. The van der Waals surface area contributed by atoms with E-state index in [4.69, 9.17) is 0 Å². The lowest BCUT2D eigenvalue weighted by Crippen LogP contribution is -2.17. The van der Waals surface area contributed by atoms with Crippen molar-refractivity contribution in [2.45, 2.75) is 26.2 Å². The van der Waals surface area contributed by atoms with Gasteiger partial charge in [0.2, 0.25) is 0 Å². The molecule has 0 fully saturated rings. The van der Waals surface area contributed by atoms with Gasteiger partial charge < -0.3 is 10.3 Å². The molecule has 1 aliphatic carbocycles. The SMILES string of the molecule is Cc1ccc(-n2nc(C(=O)Nc3ccccc3-n3ncc4c(=O)[nH]cnc43)c3c2CCC3)c(F)c1. The maximum atomic E-state index is 14.7. The summed E-state index contributed by atoms with van der Waals surface area (Å²) in [6.45, 7) is 1.82. The van der Waals surface area contributed by atoms with Crippen molar-refractivity contribution in [2.75, 3.05) is 5.32 Å². The number of nitrogens with one attached hydrogen (secondary N) is 2. The molecule has 2 N–H and O–H groups in total. The van der Waals surface area contributed by atoms with Gasteiger partial charge in [-0.25, -0.2) is 18.7 Å². The Labute approximate surface area is 198 Å². The summed E-state index contributed by atoms with van der Waals surface area (Å²) in [6.07, 6.45) is 5.04. The molecule has 3 aromatic heterocycles. The fraction of sp³-hybridized carbons (Fsp3) is 0.160. The van der Waals surface area contributed by atoms with E-state index in [-0.39, 0.29) is 17.1 Å². The van der Waals surface area contributed by atoms with Crippen molar-refractivity contribution in [1.82, 2.24) is 29.5 Å². The number of anilines is 1. The molecule has 3 heterocycles. The predicted octanol–water partition coefficient (Wildman–Crippen LogP) is 3.48. The molecular formula is C25H20FN7O2. The molecule has 1 aliphatic rings. The van der Waals surface area contributed by atoms with Gasteiger partial charge in [0.25, 0.3) is 11.5 Å². The van der Waals surface area contributed by atoms with E-state index in [1.54, 1.807) is 35.0 Å². The number of para-hydroxylation sites is 2. The number of nitrogens with zero attached hydrogens (tertiary/aromatic N) is 5. The van der Waals surface area contributed by atoms with Crippen LogP contribution < -0.4 is 10.9 Å². The molecule has 9 nitrogen and oxygen atoms in total. The maximum Gasteiger partial charge on any atom is 0.276 e. The number of rotatable bonds is 4. The number of amides is 1. The molecule has 0 saturated heterocycles. The van der Waals surface area contributed by atoms with Crippen molar-refractivity contribution in [3.05, 3.63) is 93.7 Å². The molecule has 0 unspecified atom stereocenters. The zero-order valence-corrected chi connectivity index (χ0v) is 18.7. The Hall–Kier alpha value is -4.60. The highest BCUT2D eigenvalue weighted by molar-refractivity contribution is 6.05. The zero-order chi connectivity index (χ0) is 24.1. The van der Waals surface area contributed by atoms with Gasteiger partial charge in [0.05, 0.1) is 23.9 Å². The van der Waals surface area contributed by atoms with Gasteiger partial charge in [0.1, 0.15) is 16.9 Å². The summed E-state index contributed by atoms with van der Waals surface area (Å²) < 4.78 is 17.8. The minimum Gasteiger partial charge on any atom is -0.319 e. The third-order valence-corrected chi connectivity index (χ3v) is 6.23. The molecule has 5 aromatic rings. The maximum absolute atomic E-state index is 14.7. The number of hydrogen-bond donors (Lipinski definition) is 2. The van der Waals surface area contributed by atoms with Crippen molar-refractivity contribution in [3.63, 3.8) is 0 Å². The van der Waals surface area contributed by atoms with E-state index in [1.807, 2.05) is 13.0 Å². The second kappa shape index (κ2) is 8.01. The largest absolute Gasteiger partial charge is 0.319 e. The van der Waals surface area contributed by atoms with Gasteiger partial charge in [-0.05, 0) is 56.0 Å². The van der Waals surface area contributed by atoms with E-state index in [9.17, 15) is 14.0 Å². The molecule has 174 valence electrons. The average Bonchev–Trinajstić information content (AvgIpc) is 3.56. The summed E-state index contributed by atoms with van der Waals surface area (Å²) in [6, 6.07) is 12.1. The Kier molecular flexibility index (Phi) is 4.80. The quantitative estimate of drug-likeness (QED) is 0.419. The van der Waals surface area contributed by atoms with Crippen LogP contribution in [-0.4, -0.2) is 35.4 Å². The van der Waals surface area contributed by atoms with Gasteiger partial charge in [-0.3, -0.25) is 9.59 Å². The Morgan fingerprint density at radius 1 is 1.11 bits per heavy atom. The highest BCUT2D eigenvalue weighted by atomic mass is 19.1. The third-order valence-electron chi connectivity index (χ3n) is 6.23. The van der Waals surface area contributed by atoms with Crippen molar-refractivity contribution in [3.8, 4) is 11.4 Å². The normalized spacial score (nSPS) is 12.7. The molecule has 0 atom stereocenters. The number of fused-ring (bicyclic) bond motifs is 2. The molecule has 0 spiro atoms. The van der Waals surface area contributed by atoms with Crippen molar-refractivity contribution in [1.29, 1.82) is 0 Å². The molecule has 35 heavy (non-hydrogen) atoms. The number of hydrogen-bond acceptors (Lipinski definition) is 5. The van der Waals surface area contributed by atoms with Gasteiger partial charge in [-0.1, -0.05) is 18.2 Å². The van der Waals surface area contributed by atoms with Crippen LogP contribution >= 0.6 is 0 Å². The lowest BCUT2D eigenvalue weighted by molar-refractivity contribution is 0.102. The summed E-state index contributed by atoms with van der Waals surface area (Å²) in [5.74, 6) is -0.781. The Balaban J connectivity index is 1.40. The minimum absolute atomic E-state index is 0.271. The summed E-state index contributed by atoms with van der Waals surface area (Å²) in [5.41, 5.74) is 4.20. The number of H-pyrrole nitrogens is 1.